The second kappa shape index (κ2) is 13.4. The van der Waals surface area contributed by atoms with Crippen molar-refractivity contribution in [1.82, 2.24) is 15.1 Å². The lowest BCUT2D eigenvalue weighted by molar-refractivity contribution is 0.171. The number of nitrogens with zero attached hydrogens (tertiary/aromatic N) is 3. The molecule has 3 rings (SSSR count). The van der Waals surface area contributed by atoms with E-state index < -0.39 is 0 Å². The number of hydrogen-bond donors (Lipinski definition) is 2. The van der Waals surface area contributed by atoms with E-state index in [0.29, 0.717) is 5.75 Å². The van der Waals surface area contributed by atoms with E-state index >= 15 is 0 Å². The van der Waals surface area contributed by atoms with E-state index in [9.17, 15) is 5.11 Å². The number of hydrogen-bond acceptors (Lipinski definition) is 5. The highest BCUT2D eigenvalue weighted by Crippen LogP contribution is 2.25. The molecule has 32 heavy (non-hydrogen) atoms. The summed E-state index contributed by atoms with van der Waals surface area (Å²) < 4.78 is 10.9. The predicted octanol–water partition coefficient (Wildman–Crippen LogP) is 3.35. The Hall–Kier alpha value is -2.20. The third-order valence-corrected chi connectivity index (χ3v) is 5.63. The van der Waals surface area contributed by atoms with Gasteiger partial charge in [-0.1, -0.05) is 12.1 Å². The molecule has 0 amide bonds. The van der Waals surface area contributed by atoms with Gasteiger partial charge in [0.15, 0.2) is 5.96 Å². The van der Waals surface area contributed by atoms with Crippen LogP contribution in [0.5, 0.6) is 17.2 Å². The maximum Gasteiger partial charge on any atom is 0.193 e. The van der Waals surface area contributed by atoms with Crippen LogP contribution in [0, 0.1) is 0 Å². The molecule has 1 aliphatic heterocycles. The Morgan fingerprint density at radius 3 is 2.38 bits per heavy atom. The van der Waals surface area contributed by atoms with Crippen molar-refractivity contribution in [3.05, 3.63) is 53.6 Å². The second-order valence-electron chi connectivity index (χ2n) is 7.68. The Kier molecular flexibility index (Phi) is 10.9. The standard InChI is InChI=1S/C24H34N4O3.HI/c1-25-24(26-12-4-5-19-6-8-21(29)9-7-19)28-15-13-27(14-16-28)18-20-17-22(30-2)10-11-23(20)31-3;/h6-11,17,29H,4-5,12-16,18H2,1-3H3,(H,25,26);1H. The van der Waals surface area contributed by atoms with Gasteiger partial charge < -0.3 is 24.8 Å². The average molecular weight is 554 g/mol. The summed E-state index contributed by atoms with van der Waals surface area (Å²) in [5, 5.41) is 12.9. The van der Waals surface area contributed by atoms with E-state index in [1.54, 1.807) is 26.4 Å². The maximum atomic E-state index is 9.38. The van der Waals surface area contributed by atoms with Crippen LogP contribution in [-0.4, -0.2) is 74.9 Å². The van der Waals surface area contributed by atoms with Crippen molar-refractivity contribution in [3.63, 3.8) is 0 Å². The SMILES string of the molecule is CN=C(NCCCc1ccc(O)cc1)N1CCN(Cc2cc(OC)ccc2OC)CC1.I. The minimum Gasteiger partial charge on any atom is -0.508 e. The number of guanidine groups is 1. The minimum absolute atomic E-state index is 0. The molecule has 2 aromatic rings. The van der Waals surface area contributed by atoms with Gasteiger partial charge >= 0.3 is 0 Å². The van der Waals surface area contributed by atoms with Crippen LogP contribution < -0.4 is 14.8 Å². The van der Waals surface area contributed by atoms with E-state index in [1.165, 1.54) is 5.56 Å². The van der Waals surface area contributed by atoms with Gasteiger partial charge in [0.1, 0.15) is 17.2 Å². The molecule has 1 saturated heterocycles. The van der Waals surface area contributed by atoms with Gasteiger partial charge in [0.25, 0.3) is 0 Å². The van der Waals surface area contributed by atoms with E-state index in [0.717, 1.165) is 75.1 Å². The number of ether oxygens (including phenoxy) is 2. The van der Waals surface area contributed by atoms with Gasteiger partial charge in [0, 0.05) is 51.9 Å². The third-order valence-electron chi connectivity index (χ3n) is 5.63. The van der Waals surface area contributed by atoms with Crippen LogP contribution in [0.3, 0.4) is 0 Å². The van der Waals surface area contributed by atoms with Crippen molar-refractivity contribution < 1.29 is 14.6 Å². The zero-order chi connectivity index (χ0) is 22.1. The number of aliphatic imine (C=N–C) groups is 1. The van der Waals surface area contributed by atoms with Crippen LogP contribution in [-0.2, 0) is 13.0 Å². The van der Waals surface area contributed by atoms with Gasteiger partial charge in [-0.25, -0.2) is 0 Å². The number of phenolic OH excluding ortho intramolecular Hbond substituents is 1. The highest BCUT2D eigenvalue weighted by Gasteiger charge is 2.20. The number of rotatable bonds is 8. The molecular formula is C24H35IN4O3. The lowest BCUT2D eigenvalue weighted by atomic mass is 10.1. The summed E-state index contributed by atoms with van der Waals surface area (Å²) >= 11 is 0. The normalized spacial score (nSPS) is 14.6. The van der Waals surface area contributed by atoms with Crippen LogP contribution in [0.25, 0.3) is 0 Å². The number of piperazine rings is 1. The average Bonchev–Trinajstić information content (AvgIpc) is 2.81. The van der Waals surface area contributed by atoms with E-state index in [4.69, 9.17) is 9.47 Å². The van der Waals surface area contributed by atoms with Gasteiger partial charge in [-0.15, -0.1) is 24.0 Å². The Balaban J connectivity index is 0.00000363. The number of halogens is 1. The molecule has 0 aliphatic carbocycles. The first-order valence-corrected chi connectivity index (χ1v) is 10.8. The Morgan fingerprint density at radius 1 is 1.03 bits per heavy atom. The molecule has 2 aromatic carbocycles. The molecule has 0 aromatic heterocycles. The molecule has 0 unspecified atom stereocenters. The van der Waals surface area contributed by atoms with E-state index in [2.05, 4.69) is 26.2 Å². The molecule has 2 N–H and O–H groups in total. The predicted molar refractivity (Wildman–Crippen MR) is 140 cm³/mol. The number of aryl methyl sites for hydroxylation is 1. The van der Waals surface area contributed by atoms with Crippen molar-refractivity contribution in [2.24, 2.45) is 4.99 Å². The fourth-order valence-electron chi connectivity index (χ4n) is 3.85. The van der Waals surface area contributed by atoms with Gasteiger partial charge in [-0.3, -0.25) is 9.89 Å². The Bertz CT molecular complexity index is 853. The number of methoxy groups -OCH3 is 2. The van der Waals surface area contributed by atoms with Crippen molar-refractivity contribution in [3.8, 4) is 17.2 Å². The van der Waals surface area contributed by atoms with Crippen molar-refractivity contribution in [2.75, 3.05) is 54.0 Å². The molecule has 0 radical (unpaired) electrons. The van der Waals surface area contributed by atoms with Crippen LogP contribution in [0.1, 0.15) is 17.5 Å². The van der Waals surface area contributed by atoms with Crippen LogP contribution in [0.2, 0.25) is 0 Å². The molecule has 7 nitrogen and oxygen atoms in total. The van der Waals surface area contributed by atoms with Crippen LogP contribution in [0.4, 0.5) is 0 Å². The first-order valence-electron chi connectivity index (χ1n) is 10.8. The van der Waals surface area contributed by atoms with Crippen LogP contribution >= 0.6 is 24.0 Å². The minimum atomic E-state index is 0. The lowest BCUT2D eigenvalue weighted by Crippen LogP contribution is -2.52. The van der Waals surface area contributed by atoms with Crippen molar-refractivity contribution in [1.29, 1.82) is 0 Å². The smallest absolute Gasteiger partial charge is 0.193 e. The summed E-state index contributed by atoms with van der Waals surface area (Å²) in [4.78, 5) is 9.23. The lowest BCUT2D eigenvalue weighted by Gasteiger charge is -2.36. The number of aromatic hydroxyl groups is 1. The van der Waals surface area contributed by atoms with E-state index in [-0.39, 0.29) is 24.0 Å². The van der Waals surface area contributed by atoms with Gasteiger partial charge in [0.2, 0.25) is 0 Å². The largest absolute Gasteiger partial charge is 0.508 e. The Morgan fingerprint density at radius 2 is 1.75 bits per heavy atom. The number of benzene rings is 2. The summed E-state index contributed by atoms with van der Waals surface area (Å²) in [5.74, 6) is 3.02. The van der Waals surface area contributed by atoms with Crippen molar-refractivity contribution >= 4 is 29.9 Å². The molecule has 176 valence electrons. The summed E-state index contributed by atoms with van der Waals surface area (Å²) in [7, 11) is 5.24. The molecular weight excluding hydrogens is 519 g/mol. The molecule has 0 bridgehead atoms. The molecule has 0 atom stereocenters. The van der Waals surface area contributed by atoms with E-state index in [1.807, 2.05) is 31.3 Å². The monoisotopic (exact) mass is 554 g/mol. The maximum absolute atomic E-state index is 9.38. The Labute approximate surface area is 208 Å². The van der Waals surface area contributed by atoms with Gasteiger partial charge in [-0.2, -0.15) is 0 Å². The number of phenols is 1. The molecule has 8 heteroatoms. The van der Waals surface area contributed by atoms with Gasteiger partial charge in [0.05, 0.1) is 14.2 Å². The summed E-state index contributed by atoms with van der Waals surface area (Å²) in [5.41, 5.74) is 2.38. The third kappa shape index (κ3) is 7.44. The quantitative estimate of drug-likeness (QED) is 0.226. The molecule has 1 fully saturated rings. The topological polar surface area (TPSA) is 69.6 Å². The zero-order valence-electron chi connectivity index (χ0n) is 19.2. The fraction of sp³-hybridized carbons (Fsp3) is 0.458. The summed E-state index contributed by atoms with van der Waals surface area (Å²) in [6.45, 7) is 5.51. The van der Waals surface area contributed by atoms with Crippen molar-refractivity contribution in [2.45, 2.75) is 19.4 Å². The highest BCUT2D eigenvalue weighted by molar-refractivity contribution is 14.0. The first-order chi connectivity index (χ1) is 15.1. The van der Waals surface area contributed by atoms with Gasteiger partial charge in [-0.05, 0) is 48.7 Å². The molecule has 1 heterocycles. The fourth-order valence-corrected chi connectivity index (χ4v) is 3.85. The zero-order valence-corrected chi connectivity index (χ0v) is 21.5. The first kappa shape index (κ1) is 26.1. The summed E-state index contributed by atoms with van der Waals surface area (Å²) in [6, 6.07) is 13.4. The number of nitrogens with one attached hydrogen (secondary N) is 1. The van der Waals surface area contributed by atoms with Crippen LogP contribution in [0.15, 0.2) is 47.5 Å². The molecule has 1 aliphatic rings. The highest BCUT2D eigenvalue weighted by atomic mass is 127. The molecule has 0 saturated carbocycles. The summed E-state index contributed by atoms with van der Waals surface area (Å²) in [6.07, 6.45) is 1.99. The second-order valence-corrected chi connectivity index (χ2v) is 7.68. The molecule has 0 spiro atoms.